The Balaban J connectivity index is 2.23. The van der Waals surface area contributed by atoms with Crippen LogP contribution in [-0.4, -0.2) is 15.0 Å². The average molecular weight is 303 g/mol. The molecule has 0 spiro atoms. The number of hydrogen-bond acceptors (Lipinski definition) is 4. The van der Waals surface area contributed by atoms with Crippen LogP contribution in [-0.2, 0) is 12.6 Å². The van der Waals surface area contributed by atoms with Crippen molar-refractivity contribution in [1.29, 1.82) is 0 Å². The van der Waals surface area contributed by atoms with Crippen molar-refractivity contribution in [1.82, 2.24) is 15.0 Å². The number of aromatic nitrogens is 3. The van der Waals surface area contributed by atoms with Crippen LogP contribution < -0.4 is 0 Å². The first kappa shape index (κ1) is 14.7. The van der Waals surface area contributed by atoms with Crippen LogP contribution in [0.2, 0.25) is 0 Å². The molecule has 0 bridgehead atoms. The van der Waals surface area contributed by atoms with Gasteiger partial charge in [0.1, 0.15) is 16.4 Å². The van der Waals surface area contributed by atoms with Crippen molar-refractivity contribution in [3.63, 3.8) is 0 Å². The minimum Gasteiger partial charge on any atom is -0.249 e. The lowest BCUT2D eigenvalue weighted by Crippen LogP contribution is -2.05. The normalized spacial score (nSPS) is 11.7. The number of rotatable bonds is 3. The number of hydrogen-bond donors (Lipinski definition) is 0. The summed E-state index contributed by atoms with van der Waals surface area (Å²) in [6.45, 7) is 1.75. The molecule has 0 aliphatic carbocycles. The second-order valence-corrected chi connectivity index (χ2v) is 4.79. The highest BCUT2D eigenvalue weighted by atomic mass is 32.2. The van der Waals surface area contributed by atoms with E-state index in [0.717, 1.165) is 17.8 Å². The molecule has 0 aromatic carbocycles. The van der Waals surface area contributed by atoms with Crippen LogP contribution in [0, 0.1) is 5.82 Å². The highest BCUT2D eigenvalue weighted by Gasteiger charge is 2.30. The first-order chi connectivity index (χ1) is 9.41. The van der Waals surface area contributed by atoms with Gasteiger partial charge in [-0.2, -0.15) is 13.2 Å². The van der Waals surface area contributed by atoms with Crippen LogP contribution in [0.3, 0.4) is 0 Å². The van der Waals surface area contributed by atoms with Gasteiger partial charge in [0.05, 0.1) is 11.3 Å². The summed E-state index contributed by atoms with van der Waals surface area (Å²) in [4.78, 5) is 11.2. The highest BCUT2D eigenvalue weighted by Crippen LogP contribution is 2.31. The van der Waals surface area contributed by atoms with E-state index in [0.29, 0.717) is 12.6 Å². The van der Waals surface area contributed by atoms with E-state index in [2.05, 4.69) is 15.0 Å². The highest BCUT2D eigenvalue weighted by molar-refractivity contribution is 7.99. The van der Waals surface area contributed by atoms with Crippen LogP contribution >= 0.6 is 11.8 Å². The molecule has 0 saturated heterocycles. The molecular weight excluding hydrogens is 294 g/mol. The Hall–Kier alpha value is -1.70. The molecule has 106 valence electrons. The summed E-state index contributed by atoms with van der Waals surface area (Å²) in [5.74, 6) is -0.568. The first-order valence-electron chi connectivity index (χ1n) is 5.62. The third kappa shape index (κ3) is 3.24. The lowest BCUT2D eigenvalue weighted by atomic mass is 10.3. The van der Waals surface area contributed by atoms with Gasteiger partial charge in [0.25, 0.3) is 0 Å². The Labute approximate surface area is 116 Å². The van der Waals surface area contributed by atoms with Crippen LogP contribution in [0.4, 0.5) is 17.6 Å². The molecule has 0 unspecified atom stereocenters. The monoisotopic (exact) mass is 303 g/mol. The number of nitrogens with zero attached hydrogens (tertiary/aromatic N) is 3. The van der Waals surface area contributed by atoms with Gasteiger partial charge in [0, 0.05) is 6.20 Å². The molecule has 2 rings (SSSR count). The molecule has 2 heterocycles. The Kier molecular flexibility index (Phi) is 4.22. The SMILES string of the molecule is CCc1ncnc(Sc2ccc(C(F)(F)F)cn2)c1F. The predicted octanol–water partition coefficient (Wildman–Crippen LogP) is 3.74. The third-order valence-corrected chi connectivity index (χ3v) is 3.36. The second kappa shape index (κ2) is 5.74. The number of aryl methyl sites for hydroxylation is 1. The van der Waals surface area contributed by atoms with Gasteiger partial charge in [0.2, 0.25) is 0 Å². The molecule has 3 nitrogen and oxygen atoms in total. The van der Waals surface area contributed by atoms with E-state index in [4.69, 9.17) is 0 Å². The first-order valence-corrected chi connectivity index (χ1v) is 6.44. The zero-order chi connectivity index (χ0) is 14.8. The Morgan fingerprint density at radius 2 is 1.90 bits per heavy atom. The molecule has 0 aliphatic heterocycles. The van der Waals surface area contributed by atoms with Gasteiger partial charge in [-0.3, -0.25) is 0 Å². The zero-order valence-corrected chi connectivity index (χ0v) is 11.1. The van der Waals surface area contributed by atoms with Crippen molar-refractivity contribution in [2.45, 2.75) is 29.6 Å². The summed E-state index contributed by atoms with van der Waals surface area (Å²) in [5.41, 5.74) is -0.589. The van der Waals surface area contributed by atoms with Crippen LogP contribution in [0.1, 0.15) is 18.2 Å². The van der Waals surface area contributed by atoms with Crippen molar-refractivity contribution in [2.24, 2.45) is 0 Å². The lowest BCUT2D eigenvalue weighted by Gasteiger charge is -2.07. The summed E-state index contributed by atoms with van der Waals surface area (Å²) >= 11 is 0.859. The fraction of sp³-hybridized carbons (Fsp3) is 0.250. The molecule has 0 radical (unpaired) electrons. The van der Waals surface area contributed by atoms with Crippen molar-refractivity contribution < 1.29 is 17.6 Å². The van der Waals surface area contributed by atoms with E-state index in [9.17, 15) is 17.6 Å². The van der Waals surface area contributed by atoms with E-state index in [1.165, 1.54) is 12.4 Å². The Morgan fingerprint density at radius 1 is 1.15 bits per heavy atom. The largest absolute Gasteiger partial charge is 0.417 e. The lowest BCUT2D eigenvalue weighted by molar-refractivity contribution is -0.137. The molecular formula is C12H9F4N3S. The smallest absolute Gasteiger partial charge is 0.249 e. The van der Waals surface area contributed by atoms with Crippen LogP contribution in [0.25, 0.3) is 0 Å². The minimum atomic E-state index is -4.44. The zero-order valence-electron chi connectivity index (χ0n) is 10.3. The third-order valence-electron chi connectivity index (χ3n) is 2.43. The minimum absolute atomic E-state index is 0.0455. The topological polar surface area (TPSA) is 38.7 Å². The molecule has 2 aromatic rings. The van der Waals surface area contributed by atoms with Crippen LogP contribution in [0.15, 0.2) is 34.7 Å². The van der Waals surface area contributed by atoms with Gasteiger partial charge in [-0.05, 0) is 30.3 Å². The summed E-state index contributed by atoms with van der Waals surface area (Å²) < 4.78 is 51.0. The van der Waals surface area contributed by atoms with Gasteiger partial charge in [0.15, 0.2) is 5.82 Å². The van der Waals surface area contributed by atoms with Crippen molar-refractivity contribution in [2.75, 3.05) is 0 Å². The standard InChI is InChI=1S/C12H9F4N3S/c1-2-8-10(13)11(19-6-18-8)20-9-4-3-7(5-17-9)12(14,15)16/h3-6H,2H2,1H3. The van der Waals surface area contributed by atoms with Gasteiger partial charge >= 0.3 is 6.18 Å². The van der Waals surface area contributed by atoms with Gasteiger partial charge in [-0.25, -0.2) is 19.3 Å². The molecule has 0 saturated carbocycles. The van der Waals surface area contributed by atoms with Gasteiger partial charge in [-0.15, -0.1) is 0 Å². The summed E-state index contributed by atoms with van der Waals surface area (Å²) in [6.07, 6.45) is -2.11. The van der Waals surface area contributed by atoms with E-state index in [1.54, 1.807) is 6.92 Å². The molecule has 2 aromatic heterocycles. The summed E-state index contributed by atoms with van der Waals surface area (Å²) in [6, 6.07) is 2.08. The molecule has 8 heteroatoms. The maximum atomic E-state index is 13.9. The van der Waals surface area contributed by atoms with E-state index in [-0.39, 0.29) is 15.7 Å². The van der Waals surface area contributed by atoms with Crippen molar-refractivity contribution in [3.8, 4) is 0 Å². The van der Waals surface area contributed by atoms with Crippen molar-refractivity contribution in [3.05, 3.63) is 41.7 Å². The van der Waals surface area contributed by atoms with E-state index < -0.39 is 17.6 Å². The maximum absolute atomic E-state index is 13.9. The Morgan fingerprint density at radius 3 is 2.45 bits per heavy atom. The van der Waals surface area contributed by atoms with E-state index >= 15 is 0 Å². The second-order valence-electron chi connectivity index (χ2n) is 3.78. The van der Waals surface area contributed by atoms with Gasteiger partial charge < -0.3 is 0 Å². The molecule has 0 aliphatic rings. The fourth-order valence-electron chi connectivity index (χ4n) is 1.41. The molecule has 20 heavy (non-hydrogen) atoms. The van der Waals surface area contributed by atoms with E-state index in [1.807, 2.05) is 0 Å². The fourth-order valence-corrected chi connectivity index (χ4v) is 2.16. The molecule has 0 atom stereocenters. The van der Waals surface area contributed by atoms with Gasteiger partial charge in [-0.1, -0.05) is 6.92 Å². The number of halogens is 4. The molecule has 0 fully saturated rings. The predicted molar refractivity (Wildman–Crippen MR) is 64.7 cm³/mol. The van der Waals surface area contributed by atoms with Crippen molar-refractivity contribution >= 4 is 11.8 Å². The summed E-state index contributed by atoms with van der Waals surface area (Å²) in [5, 5.41) is 0.279. The molecule has 0 N–H and O–H groups in total. The Bertz CT molecular complexity index is 599. The van der Waals surface area contributed by atoms with Crippen LogP contribution in [0.5, 0.6) is 0 Å². The number of alkyl halides is 3. The molecule has 0 amide bonds. The summed E-state index contributed by atoms with van der Waals surface area (Å²) in [7, 11) is 0. The number of pyridine rings is 1. The quantitative estimate of drug-likeness (QED) is 0.639. The maximum Gasteiger partial charge on any atom is 0.417 e. The average Bonchev–Trinajstić information content (AvgIpc) is 2.41.